The second-order valence-electron chi connectivity index (χ2n) is 5.05. The highest BCUT2D eigenvalue weighted by Crippen LogP contribution is 2.36. The molecule has 0 aromatic heterocycles. The Labute approximate surface area is 123 Å². The van der Waals surface area contributed by atoms with Crippen molar-refractivity contribution in [1.29, 1.82) is 0 Å². The highest BCUT2D eigenvalue weighted by atomic mass is 32.3. The topological polar surface area (TPSA) is 80.5 Å². The SMILES string of the molecule is Nc1ccc(C(F)(F)F)cc1N1CC(CS(=O)(=O)F)CC1=O. The lowest BCUT2D eigenvalue weighted by atomic mass is 10.1. The summed E-state index contributed by atoms with van der Waals surface area (Å²) in [4.78, 5) is 12.8. The molecule has 0 spiro atoms. The number of nitrogen functional groups attached to an aromatic ring is 1. The monoisotopic (exact) mass is 340 g/mol. The number of hydrogen-bond donors (Lipinski definition) is 1. The molecule has 22 heavy (non-hydrogen) atoms. The van der Waals surface area contributed by atoms with Crippen molar-refractivity contribution in [3.8, 4) is 0 Å². The fraction of sp³-hybridized carbons (Fsp3) is 0.417. The molecule has 1 amide bonds. The van der Waals surface area contributed by atoms with E-state index in [4.69, 9.17) is 5.73 Å². The van der Waals surface area contributed by atoms with Gasteiger partial charge >= 0.3 is 16.4 Å². The van der Waals surface area contributed by atoms with Gasteiger partial charge in [-0.15, -0.1) is 3.89 Å². The van der Waals surface area contributed by atoms with E-state index in [9.17, 15) is 30.3 Å². The van der Waals surface area contributed by atoms with Crippen molar-refractivity contribution in [2.24, 2.45) is 5.92 Å². The van der Waals surface area contributed by atoms with E-state index in [1.165, 1.54) is 0 Å². The molecule has 122 valence electrons. The number of nitrogens with two attached hydrogens (primary N) is 1. The molecule has 0 bridgehead atoms. The van der Waals surface area contributed by atoms with Crippen LogP contribution < -0.4 is 10.6 Å². The van der Waals surface area contributed by atoms with Crippen LogP contribution in [0.3, 0.4) is 0 Å². The Hall–Kier alpha value is -1.84. The van der Waals surface area contributed by atoms with Crippen LogP contribution in [0.25, 0.3) is 0 Å². The van der Waals surface area contributed by atoms with Crippen molar-refractivity contribution in [3.63, 3.8) is 0 Å². The minimum Gasteiger partial charge on any atom is -0.397 e. The Bertz CT molecular complexity index is 703. The van der Waals surface area contributed by atoms with Gasteiger partial charge in [0.25, 0.3) is 0 Å². The number of alkyl halides is 3. The van der Waals surface area contributed by atoms with Gasteiger partial charge in [-0.05, 0) is 18.2 Å². The molecule has 2 N–H and O–H groups in total. The van der Waals surface area contributed by atoms with Crippen LogP contribution in [0.5, 0.6) is 0 Å². The number of anilines is 2. The lowest BCUT2D eigenvalue weighted by Gasteiger charge is -2.20. The molecule has 0 saturated carbocycles. The zero-order chi connectivity index (χ0) is 16.7. The largest absolute Gasteiger partial charge is 0.416 e. The van der Waals surface area contributed by atoms with Gasteiger partial charge in [-0.1, -0.05) is 0 Å². The highest BCUT2D eigenvalue weighted by molar-refractivity contribution is 7.86. The first-order valence-corrected chi connectivity index (χ1v) is 7.72. The average Bonchev–Trinajstić information content (AvgIpc) is 2.66. The third kappa shape index (κ3) is 3.67. The molecular weight excluding hydrogens is 328 g/mol. The number of benzene rings is 1. The summed E-state index contributed by atoms with van der Waals surface area (Å²) in [6.45, 7) is -0.201. The number of amides is 1. The van der Waals surface area contributed by atoms with Crippen molar-refractivity contribution in [2.75, 3.05) is 22.9 Å². The van der Waals surface area contributed by atoms with Crippen LogP contribution in [0.4, 0.5) is 28.4 Å². The smallest absolute Gasteiger partial charge is 0.397 e. The van der Waals surface area contributed by atoms with Gasteiger partial charge in [0.2, 0.25) is 5.91 Å². The van der Waals surface area contributed by atoms with Crippen LogP contribution >= 0.6 is 0 Å². The summed E-state index contributed by atoms with van der Waals surface area (Å²) in [6.07, 6.45) is -4.87. The maximum Gasteiger partial charge on any atom is 0.416 e. The molecule has 1 aliphatic rings. The predicted molar refractivity (Wildman–Crippen MR) is 71.2 cm³/mol. The maximum absolute atomic E-state index is 12.7. The van der Waals surface area contributed by atoms with Crippen LogP contribution in [0.1, 0.15) is 12.0 Å². The zero-order valence-electron chi connectivity index (χ0n) is 11.1. The van der Waals surface area contributed by atoms with Gasteiger partial charge in [0.1, 0.15) is 0 Å². The second-order valence-corrected chi connectivity index (χ2v) is 6.46. The zero-order valence-corrected chi connectivity index (χ0v) is 11.9. The molecule has 1 unspecified atom stereocenters. The van der Waals surface area contributed by atoms with E-state index in [0.717, 1.165) is 23.1 Å². The van der Waals surface area contributed by atoms with E-state index in [1.807, 2.05) is 0 Å². The van der Waals surface area contributed by atoms with Gasteiger partial charge in [0.15, 0.2) is 0 Å². The third-order valence-electron chi connectivity index (χ3n) is 3.29. The molecule has 5 nitrogen and oxygen atoms in total. The molecule has 1 aromatic rings. The molecule has 1 saturated heterocycles. The number of rotatable bonds is 3. The van der Waals surface area contributed by atoms with E-state index in [2.05, 4.69) is 0 Å². The summed E-state index contributed by atoms with van der Waals surface area (Å²) in [5, 5.41) is 0. The number of nitrogens with zero attached hydrogens (tertiary/aromatic N) is 1. The lowest BCUT2D eigenvalue weighted by molar-refractivity contribution is -0.137. The fourth-order valence-corrected chi connectivity index (χ4v) is 3.15. The van der Waals surface area contributed by atoms with Crippen molar-refractivity contribution in [1.82, 2.24) is 0 Å². The quantitative estimate of drug-likeness (QED) is 0.518. The summed E-state index contributed by atoms with van der Waals surface area (Å²) in [7, 11) is -4.77. The maximum atomic E-state index is 12.7. The molecule has 1 aliphatic heterocycles. The van der Waals surface area contributed by atoms with Crippen LogP contribution in [0, 0.1) is 5.92 Å². The Morgan fingerprint density at radius 2 is 1.95 bits per heavy atom. The third-order valence-corrected chi connectivity index (χ3v) is 4.16. The molecule has 0 aliphatic carbocycles. The first-order valence-electron chi connectivity index (χ1n) is 6.17. The number of carbonyl (C=O) groups excluding carboxylic acids is 1. The Morgan fingerprint density at radius 3 is 2.50 bits per heavy atom. The van der Waals surface area contributed by atoms with Crippen molar-refractivity contribution in [2.45, 2.75) is 12.6 Å². The summed E-state index contributed by atoms with van der Waals surface area (Å²) < 4.78 is 72.0. The van der Waals surface area contributed by atoms with Crippen LogP contribution in [-0.2, 0) is 21.2 Å². The van der Waals surface area contributed by atoms with Crippen LogP contribution in [0.2, 0.25) is 0 Å². The van der Waals surface area contributed by atoms with Gasteiger partial charge in [-0.2, -0.15) is 21.6 Å². The lowest BCUT2D eigenvalue weighted by Crippen LogP contribution is -2.26. The summed E-state index contributed by atoms with van der Waals surface area (Å²) in [5.74, 6) is -2.27. The summed E-state index contributed by atoms with van der Waals surface area (Å²) in [6, 6.07) is 2.52. The second kappa shape index (κ2) is 5.41. The van der Waals surface area contributed by atoms with E-state index < -0.39 is 39.5 Å². The van der Waals surface area contributed by atoms with Gasteiger partial charge in [0.05, 0.1) is 22.7 Å². The summed E-state index contributed by atoms with van der Waals surface area (Å²) >= 11 is 0. The average molecular weight is 340 g/mol. The first-order chi connectivity index (χ1) is 9.97. The molecule has 1 aromatic carbocycles. The Balaban J connectivity index is 2.30. The Kier molecular flexibility index (Phi) is 4.07. The number of halogens is 4. The van der Waals surface area contributed by atoms with Crippen molar-refractivity contribution < 1.29 is 30.3 Å². The van der Waals surface area contributed by atoms with Crippen LogP contribution in [0.15, 0.2) is 18.2 Å². The standard InChI is InChI=1S/C12H12F4N2O3S/c13-12(14,15)8-1-2-9(17)10(4-8)18-5-7(3-11(18)19)6-22(16,20)21/h1-2,4,7H,3,5-6,17H2. The van der Waals surface area contributed by atoms with Gasteiger partial charge in [-0.3, -0.25) is 4.79 Å². The summed E-state index contributed by atoms with van der Waals surface area (Å²) in [5.41, 5.74) is 4.41. The minimum absolute atomic E-state index is 0.0508. The molecule has 2 rings (SSSR count). The molecule has 10 heteroatoms. The van der Waals surface area contributed by atoms with E-state index in [-0.39, 0.29) is 24.3 Å². The number of carbonyl (C=O) groups is 1. The van der Waals surface area contributed by atoms with E-state index in [1.54, 1.807) is 0 Å². The van der Waals surface area contributed by atoms with Crippen molar-refractivity contribution >= 4 is 27.5 Å². The normalized spacial score (nSPS) is 19.7. The fourth-order valence-electron chi connectivity index (χ4n) is 2.36. The number of hydrogen-bond acceptors (Lipinski definition) is 4. The van der Waals surface area contributed by atoms with Gasteiger partial charge in [0, 0.05) is 18.9 Å². The first kappa shape index (κ1) is 16.5. The predicted octanol–water partition coefficient (Wildman–Crippen LogP) is 1.94. The highest BCUT2D eigenvalue weighted by Gasteiger charge is 2.36. The van der Waals surface area contributed by atoms with E-state index in [0.29, 0.717) is 0 Å². The van der Waals surface area contributed by atoms with Gasteiger partial charge < -0.3 is 10.6 Å². The van der Waals surface area contributed by atoms with Crippen molar-refractivity contribution in [3.05, 3.63) is 23.8 Å². The molecule has 1 heterocycles. The molecule has 1 fully saturated rings. The van der Waals surface area contributed by atoms with E-state index >= 15 is 0 Å². The Morgan fingerprint density at radius 1 is 1.32 bits per heavy atom. The van der Waals surface area contributed by atoms with Gasteiger partial charge in [-0.25, -0.2) is 0 Å². The molecule has 0 radical (unpaired) electrons. The molecular formula is C12H12F4N2O3S. The minimum atomic E-state index is -4.77. The molecule has 1 atom stereocenters. The van der Waals surface area contributed by atoms with Crippen LogP contribution in [-0.4, -0.2) is 26.6 Å².